The van der Waals surface area contributed by atoms with Gasteiger partial charge in [-0.25, -0.2) is 14.2 Å². The van der Waals surface area contributed by atoms with E-state index < -0.39 is 23.6 Å². The zero-order valence-electron chi connectivity index (χ0n) is 19.7. The summed E-state index contributed by atoms with van der Waals surface area (Å²) in [6.07, 6.45) is -2.89. The van der Waals surface area contributed by atoms with Gasteiger partial charge < -0.3 is 20.5 Å². The number of aromatic nitrogens is 3. The van der Waals surface area contributed by atoms with Gasteiger partial charge in [-0.3, -0.25) is 4.99 Å². The molecule has 2 aromatic rings. The lowest BCUT2D eigenvalue weighted by molar-refractivity contribution is -0.137. The maximum absolute atomic E-state index is 14.8. The Morgan fingerprint density at radius 3 is 2.70 bits per heavy atom. The molecule has 12 heteroatoms. The first-order valence-corrected chi connectivity index (χ1v) is 11.3. The van der Waals surface area contributed by atoms with Crippen LogP contribution in [-0.4, -0.2) is 34.2 Å². The van der Waals surface area contributed by atoms with Crippen molar-refractivity contribution in [3.8, 4) is 22.5 Å². The molecular formula is C25H21F4N7O. The van der Waals surface area contributed by atoms with E-state index in [-0.39, 0.29) is 11.4 Å². The van der Waals surface area contributed by atoms with Gasteiger partial charge >= 0.3 is 12.2 Å². The Labute approximate surface area is 208 Å². The van der Waals surface area contributed by atoms with Crippen LogP contribution in [0.1, 0.15) is 11.1 Å². The average molecular weight is 511 g/mol. The number of fused-ring (bicyclic) bond motifs is 3. The van der Waals surface area contributed by atoms with Gasteiger partial charge in [0.25, 0.3) is 0 Å². The van der Waals surface area contributed by atoms with Gasteiger partial charge in [-0.1, -0.05) is 6.07 Å². The Morgan fingerprint density at radius 1 is 1.14 bits per heavy atom. The fraction of sp³-hybridized carbons (Fsp3) is 0.200. The van der Waals surface area contributed by atoms with E-state index in [9.17, 15) is 22.4 Å². The summed E-state index contributed by atoms with van der Waals surface area (Å²) in [4.78, 5) is 25.3. The fourth-order valence-electron chi connectivity index (χ4n) is 4.29. The standard InChI is InChI=1S/C25H21F4N7O/c1-13-8-19(26)20(34-24(37)33-16-5-3-4-15(10-16)25(27,28)29)11-17(13)18-9-14-12-32-23(30-2)35-21(14)36-7-6-31-22(18)36/h3-5,8-12,31H,6-7H2,1-2H3,(H2,33,34,37). The Hall–Kier alpha value is -4.48. The molecule has 8 nitrogen and oxygen atoms in total. The number of halogens is 4. The molecule has 0 aromatic heterocycles. The summed E-state index contributed by atoms with van der Waals surface area (Å²) >= 11 is 0. The van der Waals surface area contributed by atoms with Gasteiger partial charge in [-0.05, 0) is 54.4 Å². The Morgan fingerprint density at radius 2 is 1.95 bits per heavy atom. The number of nitrogens with zero attached hydrogens (tertiary/aromatic N) is 4. The lowest BCUT2D eigenvalue weighted by atomic mass is 9.98. The summed E-state index contributed by atoms with van der Waals surface area (Å²) in [6, 6.07) is 7.97. The second kappa shape index (κ2) is 9.19. The molecule has 2 amide bonds. The lowest BCUT2D eigenvalue weighted by Crippen LogP contribution is -2.20. The largest absolute Gasteiger partial charge is 0.416 e. The highest BCUT2D eigenvalue weighted by Crippen LogP contribution is 2.39. The quantitative estimate of drug-likeness (QED) is 0.333. The lowest BCUT2D eigenvalue weighted by Gasteiger charge is -2.19. The number of anilines is 3. The summed E-state index contributed by atoms with van der Waals surface area (Å²) in [5.74, 6) is 0.802. The minimum absolute atomic E-state index is 0.0776. The number of rotatable bonds is 3. The summed E-state index contributed by atoms with van der Waals surface area (Å²) < 4.78 is 55.8. The van der Waals surface area contributed by atoms with E-state index in [0.717, 1.165) is 29.1 Å². The van der Waals surface area contributed by atoms with Crippen molar-refractivity contribution in [2.45, 2.75) is 19.6 Å². The molecule has 0 saturated heterocycles. The van der Waals surface area contributed by atoms with Crippen LogP contribution in [0, 0.1) is 12.7 Å². The van der Waals surface area contributed by atoms with Crippen LogP contribution in [0.25, 0.3) is 22.5 Å². The predicted octanol–water partition coefficient (Wildman–Crippen LogP) is 5.12. The van der Waals surface area contributed by atoms with Crippen molar-refractivity contribution >= 4 is 23.2 Å². The molecule has 0 atom stereocenters. The second-order valence-corrected chi connectivity index (χ2v) is 8.46. The van der Waals surface area contributed by atoms with Crippen molar-refractivity contribution in [1.82, 2.24) is 14.5 Å². The van der Waals surface area contributed by atoms with Crippen molar-refractivity contribution in [1.29, 1.82) is 0 Å². The number of pyridine rings is 1. The molecule has 0 unspecified atom stereocenters. The third-order valence-electron chi connectivity index (χ3n) is 5.99. The first-order valence-electron chi connectivity index (χ1n) is 11.3. The number of benzene rings is 2. The molecule has 0 fully saturated rings. The summed E-state index contributed by atoms with van der Waals surface area (Å²) in [5.41, 5.74) is 2.04. The van der Waals surface area contributed by atoms with Crippen molar-refractivity contribution in [3.63, 3.8) is 0 Å². The number of carbonyl (C=O) groups excluding carboxylic acids is 1. The van der Waals surface area contributed by atoms with Gasteiger partial charge in [-0.2, -0.15) is 18.2 Å². The number of carbonyl (C=O) groups is 1. The van der Waals surface area contributed by atoms with Crippen LogP contribution in [-0.2, 0) is 12.7 Å². The first kappa shape index (κ1) is 24.2. The van der Waals surface area contributed by atoms with E-state index in [1.807, 2.05) is 10.6 Å². The van der Waals surface area contributed by atoms with Crippen LogP contribution in [0.15, 0.2) is 53.7 Å². The molecule has 0 bridgehead atoms. The molecule has 0 radical (unpaired) electrons. The van der Waals surface area contributed by atoms with E-state index in [1.165, 1.54) is 24.3 Å². The summed E-state index contributed by atoms with van der Waals surface area (Å²) in [6.45, 7) is 3.07. The first-order chi connectivity index (χ1) is 17.6. The molecule has 2 aromatic carbocycles. The van der Waals surface area contributed by atoms with Crippen LogP contribution in [0.4, 0.5) is 39.5 Å². The van der Waals surface area contributed by atoms with E-state index in [2.05, 4.69) is 30.9 Å². The highest BCUT2D eigenvalue weighted by Gasteiger charge is 2.30. The van der Waals surface area contributed by atoms with Crippen LogP contribution in [0.3, 0.4) is 0 Å². The number of hydrogen-bond acceptors (Lipinski definition) is 5. The zero-order chi connectivity index (χ0) is 26.3. The number of alkyl halides is 3. The Balaban J connectivity index is 1.50. The van der Waals surface area contributed by atoms with Crippen LogP contribution in [0.5, 0.6) is 0 Å². The number of hydrogen-bond donors (Lipinski definition) is 3. The second-order valence-electron chi connectivity index (χ2n) is 8.46. The molecule has 190 valence electrons. The monoisotopic (exact) mass is 511 g/mol. The van der Waals surface area contributed by atoms with Crippen molar-refractivity contribution in [2.75, 3.05) is 29.5 Å². The highest BCUT2D eigenvalue weighted by atomic mass is 19.4. The highest BCUT2D eigenvalue weighted by molar-refractivity contribution is 6.00. The van der Waals surface area contributed by atoms with E-state index in [1.54, 1.807) is 20.2 Å². The predicted molar refractivity (Wildman–Crippen MR) is 131 cm³/mol. The van der Waals surface area contributed by atoms with Gasteiger partial charge in [-0.15, -0.1) is 0 Å². The number of nitrogens with one attached hydrogen (secondary N) is 3. The smallest absolute Gasteiger partial charge is 0.369 e. The molecule has 5 rings (SSSR count). The van der Waals surface area contributed by atoms with Crippen LogP contribution in [0.2, 0.25) is 0 Å². The van der Waals surface area contributed by atoms with Gasteiger partial charge in [0, 0.05) is 43.1 Å². The third-order valence-corrected chi connectivity index (χ3v) is 5.99. The van der Waals surface area contributed by atoms with Crippen molar-refractivity contribution in [3.05, 3.63) is 71.2 Å². The van der Waals surface area contributed by atoms with E-state index in [0.29, 0.717) is 35.7 Å². The number of amides is 2. The number of aryl methyl sites for hydroxylation is 1. The summed E-state index contributed by atoms with van der Waals surface area (Å²) in [7, 11) is 1.61. The molecule has 3 aliphatic rings. The molecule has 0 aliphatic carbocycles. The van der Waals surface area contributed by atoms with Crippen molar-refractivity contribution < 1.29 is 22.4 Å². The zero-order valence-corrected chi connectivity index (χ0v) is 19.7. The molecule has 0 saturated carbocycles. The number of urea groups is 1. The molecule has 3 N–H and O–H groups in total. The maximum Gasteiger partial charge on any atom is 0.416 e. The van der Waals surface area contributed by atoms with Crippen LogP contribution < -0.4 is 21.6 Å². The van der Waals surface area contributed by atoms with Crippen molar-refractivity contribution in [2.24, 2.45) is 4.99 Å². The summed E-state index contributed by atoms with van der Waals surface area (Å²) in [5, 5.41) is 8.06. The van der Waals surface area contributed by atoms with Gasteiger partial charge in [0.1, 0.15) is 17.5 Å². The minimum atomic E-state index is -4.56. The van der Waals surface area contributed by atoms with Crippen LogP contribution >= 0.6 is 0 Å². The molecule has 3 heterocycles. The molecular weight excluding hydrogens is 490 g/mol. The average Bonchev–Trinajstić information content (AvgIpc) is 3.35. The fourth-order valence-corrected chi connectivity index (χ4v) is 4.29. The normalized spacial score (nSPS) is 13.4. The topological polar surface area (TPSA) is 96.2 Å². The third kappa shape index (κ3) is 4.69. The van der Waals surface area contributed by atoms with Gasteiger partial charge in [0.2, 0.25) is 5.62 Å². The Kier molecular flexibility index (Phi) is 6.02. The van der Waals surface area contributed by atoms with E-state index >= 15 is 0 Å². The molecule has 37 heavy (non-hydrogen) atoms. The van der Waals surface area contributed by atoms with Gasteiger partial charge in [0.15, 0.2) is 0 Å². The van der Waals surface area contributed by atoms with E-state index in [4.69, 9.17) is 0 Å². The maximum atomic E-state index is 14.8. The minimum Gasteiger partial charge on any atom is -0.369 e. The SMILES string of the molecule is CN=c1ncc2cc(-c3cc(NC(=O)Nc4cccc(C(F)(F)F)c4)c(F)cc3C)c3n(c-2n1)CCN3. The molecule has 3 aliphatic heterocycles. The molecule has 0 spiro atoms. The van der Waals surface area contributed by atoms with Gasteiger partial charge in [0.05, 0.1) is 11.3 Å². The Bertz CT molecular complexity index is 1560.